The summed E-state index contributed by atoms with van der Waals surface area (Å²) in [7, 11) is 0. The predicted molar refractivity (Wildman–Crippen MR) is 77.8 cm³/mol. The Bertz CT molecular complexity index is 494. The van der Waals surface area contributed by atoms with Crippen molar-refractivity contribution >= 4 is 10.9 Å². The molecular weight excluding hydrogens is 222 g/mol. The first kappa shape index (κ1) is 13.1. The molecule has 1 aromatic carbocycles. The van der Waals surface area contributed by atoms with Crippen LogP contribution in [0.25, 0.3) is 10.9 Å². The highest BCUT2D eigenvalue weighted by molar-refractivity contribution is 5.83. The van der Waals surface area contributed by atoms with E-state index in [4.69, 9.17) is 5.73 Å². The highest BCUT2D eigenvalue weighted by Gasteiger charge is 2.09. The molecular formula is C15H23N3. The molecule has 0 spiro atoms. The van der Waals surface area contributed by atoms with E-state index in [0.29, 0.717) is 0 Å². The van der Waals surface area contributed by atoms with Crippen LogP contribution in [0.2, 0.25) is 0 Å². The molecule has 1 heterocycles. The zero-order valence-corrected chi connectivity index (χ0v) is 11.3. The fourth-order valence-electron chi connectivity index (χ4n) is 2.10. The second-order valence-corrected chi connectivity index (χ2v) is 5.60. The van der Waals surface area contributed by atoms with Crippen LogP contribution in [0.5, 0.6) is 0 Å². The molecule has 3 nitrogen and oxygen atoms in total. The molecule has 0 aliphatic heterocycles. The molecule has 98 valence electrons. The maximum atomic E-state index is 5.94. The van der Waals surface area contributed by atoms with Gasteiger partial charge in [-0.2, -0.15) is 0 Å². The standard InChI is InChI=1S/C15H23N3/c1-15(2,16)8-10-17-9-7-12-11-18-14-6-4-3-5-13(12)14/h3-6,11,17-18H,7-10,16H2,1-2H3. The number of benzene rings is 1. The fraction of sp³-hybridized carbons (Fsp3) is 0.467. The SMILES string of the molecule is CC(C)(N)CCNCCc1c[nH]c2ccccc12. The van der Waals surface area contributed by atoms with E-state index in [1.807, 2.05) is 0 Å². The van der Waals surface area contributed by atoms with Crippen LogP contribution in [0, 0.1) is 0 Å². The van der Waals surface area contributed by atoms with Gasteiger partial charge in [-0.3, -0.25) is 0 Å². The van der Waals surface area contributed by atoms with E-state index in [9.17, 15) is 0 Å². The van der Waals surface area contributed by atoms with Gasteiger partial charge in [0, 0.05) is 22.6 Å². The lowest BCUT2D eigenvalue weighted by molar-refractivity contribution is 0.456. The van der Waals surface area contributed by atoms with Crippen molar-refractivity contribution in [3.63, 3.8) is 0 Å². The maximum absolute atomic E-state index is 5.94. The first-order valence-corrected chi connectivity index (χ1v) is 6.61. The van der Waals surface area contributed by atoms with Crippen LogP contribution < -0.4 is 11.1 Å². The van der Waals surface area contributed by atoms with E-state index in [1.165, 1.54) is 16.5 Å². The summed E-state index contributed by atoms with van der Waals surface area (Å²) < 4.78 is 0. The molecule has 0 atom stereocenters. The highest BCUT2D eigenvalue weighted by Crippen LogP contribution is 2.17. The molecule has 0 fully saturated rings. The lowest BCUT2D eigenvalue weighted by Gasteiger charge is -2.18. The Morgan fingerprint density at radius 3 is 2.78 bits per heavy atom. The fourth-order valence-corrected chi connectivity index (χ4v) is 2.10. The van der Waals surface area contributed by atoms with Crippen LogP contribution >= 0.6 is 0 Å². The van der Waals surface area contributed by atoms with E-state index in [2.05, 4.69) is 54.6 Å². The van der Waals surface area contributed by atoms with Crippen LogP contribution in [0.3, 0.4) is 0 Å². The van der Waals surface area contributed by atoms with Crippen molar-refractivity contribution in [2.75, 3.05) is 13.1 Å². The molecule has 0 amide bonds. The number of H-pyrrole nitrogens is 1. The van der Waals surface area contributed by atoms with Crippen molar-refractivity contribution in [2.45, 2.75) is 32.2 Å². The predicted octanol–water partition coefficient (Wildman–Crippen LogP) is 2.43. The molecule has 4 N–H and O–H groups in total. The minimum Gasteiger partial charge on any atom is -0.361 e. The molecule has 0 unspecified atom stereocenters. The third-order valence-electron chi connectivity index (χ3n) is 3.19. The summed E-state index contributed by atoms with van der Waals surface area (Å²) in [6, 6.07) is 8.43. The normalized spacial score (nSPS) is 12.2. The van der Waals surface area contributed by atoms with Crippen molar-refractivity contribution < 1.29 is 0 Å². The number of fused-ring (bicyclic) bond motifs is 1. The van der Waals surface area contributed by atoms with E-state index in [0.717, 1.165) is 25.9 Å². The molecule has 0 aliphatic rings. The highest BCUT2D eigenvalue weighted by atomic mass is 14.9. The third kappa shape index (κ3) is 3.59. The zero-order chi connectivity index (χ0) is 13.0. The van der Waals surface area contributed by atoms with E-state index < -0.39 is 0 Å². The third-order valence-corrected chi connectivity index (χ3v) is 3.19. The van der Waals surface area contributed by atoms with Crippen molar-refractivity contribution in [3.05, 3.63) is 36.0 Å². The molecule has 2 aromatic rings. The lowest BCUT2D eigenvalue weighted by Crippen LogP contribution is -2.36. The van der Waals surface area contributed by atoms with Gasteiger partial charge in [0.2, 0.25) is 0 Å². The summed E-state index contributed by atoms with van der Waals surface area (Å²) >= 11 is 0. The van der Waals surface area contributed by atoms with Crippen molar-refractivity contribution in [1.29, 1.82) is 0 Å². The van der Waals surface area contributed by atoms with Gasteiger partial charge >= 0.3 is 0 Å². The Balaban J connectivity index is 1.80. The van der Waals surface area contributed by atoms with Gasteiger partial charge in [0.25, 0.3) is 0 Å². The molecule has 0 bridgehead atoms. The van der Waals surface area contributed by atoms with Gasteiger partial charge < -0.3 is 16.0 Å². The molecule has 2 rings (SSSR count). The van der Waals surface area contributed by atoms with Crippen LogP contribution in [-0.2, 0) is 6.42 Å². The minimum atomic E-state index is -0.0756. The minimum absolute atomic E-state index is 0.0756. The molecule has 0 saturated carbocycles. The van der Waals surface area contributed by atoms with Crippen molar-refractivity contribution in [2.24, 2.45) is 5.73 Å². The average molecular weight is 245 g/mol. The molecule has 1 aromatic heterocycles. The second kappa shape index (κ2) is 5.55. The van der Waals surface area contributed by atoms with Crippen molar-refractivity contribution in [1.82, 2.24) is 10.3 Å². The van der Waals surface area contributed by atoms with E-state index in [-0.39, 0.29) is 5.54 Å². The zero-order valence-electron chi connectivity index (χ0n) is 11.3. The smallest absolute Gasteiger partial charge is 0.0456 e. The number of nitrogens with two attached hydrogens (primary N) is 1. The number of hydrogen-bond donors (Lipinski definition) is 3. The van der Waals surface area contributed by atoms with Gasteiger partial charge in [0.05, 0.1) is 0 Å². The molecule has 0 saturated heterocycles. The van der Waals surface area contributed by atoms with Crippen LogP contribution in [0.1, 0.15) is 25.8 Å². The van der Waals surface area contributed by atoms with Gasteiger partial charge in [-0.1, -0.05) is 18.2 Å². The second-order valence-electron chi connectivity index (χ2n) is 5.60. The van der Waals surface area contributed by atoms with E-state index >= 15 is 0 Å². The Kier molecular flexibility index (Phi) is 4.04. The van der Waals surface area contributed by atoms with Crippen LogP contribution in [-0.4, -0.2) is 23.6 Å². The molecule has 18 heavy (non-hydrogen) atoms. The lowest BCUT2D eigenvalue weighted by atomic mass is 10.0. The monoisotopic (exact) mass is 245 g/mol. The van der Waals surface area contributed by atoms with Crippen LogP contribution in [0.15, 0.2) is 30.5 Å². The number of aromatic amines is 1. The number of nitrogens with one attached hydrogen (secondary N) is 2. The van der Waals surface area contributed by atoms with Crippen molar-refractivity contribution in [3.8, 4) is 0 Å². The first-order chi connectivity index (χ1) is 8.56. The summed E-state index contributed by atoms with van der Waals surface area (Å²) in [5.74, 6) is 0. The van der Waals surface area contributed by atoms with Gasteiger partial charge in [0.15, 0.2) is 0 Å². The van der Waals surface area contributed by atoms with Gasteiger partial charge in [0.1, 0.15) is 0 Å². The van der Waals surface area contributed by atoms with Gasteiger partial charge in [-0.05, 0) is 51.4 Å². The van der Waals surface area contributed by atoms with E-state index in [1.54, 1.807) is 0 Å². The summed E-state index contributed by atoms with van der Waals surface area (Å²) in [6.45, 7) is 6.10. The molecule has 0 radical (unpaired) electrons. The average Bonchev–Trinajstić information content (AvgIpc) is 2.71. The number of hydrogen-bond acceptors (Lipinski definition) is 2. The first-order valence-electron chi connectivity index (χ1n) is 6.61. The van der Waals surface area contributed by atoms with Crippen LogP contribution in [0.4, 0.5) is 0 Å². The van der Waals surface area contributed by atoms with Gasteiger partial charge in [-0.15, -0.1) is 0 Å². The summed E-state index contributed by atoms with van der Waals surface area (Å²) in [5, 5.41) is 4.78. The summed E-state index contributed by atoms with van der Waals surface area (Å²) in [6.07, 6.45) is 4.16. The number of aromatic nitrogens is 1. The Morgan fingerprint density at radius 2 is 2.00 bits per heavy atom. The number of rotatable bonds is 6. The quantitative estimate of drug-likeness (QED) is 0.685. The van der Waals surface area contributed by atoms with Gasteiger partial charge in [-0.25, -0.2) is 0 Å². The Labute approximate surface area is 109 Å². The topological polar surface area (TPSA) is 53.8 Å². The summed E-state index contributed by atoms with van der Waals surface area (Å²) in [5.41, 5.74) is 8.46. The molecule has 3 heteroatoms. The maximum Gasteiger partial charge on any atom is 0.0456 e. The number of para-hydroxylation sites is 1. The Morgan fingerprint density at radius 1 is 1.22 bits per heavy atom. The molecule has 0 aliphatic carbocycles. The Hall–Kier alpha value is -1.32. The summed E-state index contributed by atoms with van der Waals surface area (Å²) in [4.78, 5) is 3.31. The largest absolute Gasteiger partial charge is 0.361 e.